The molecule has 1 aromatic rings. The van der Waals surface area contributed by atoms with Crippen LogP contribution in [0.5, 0.6) is 0 Å². The van der Waals surface area contributed by atoms with Gasteiger partial charge in [0.05, 0.1) is 0 Å². The van der Waals surface area contributed by atoms with Crippen LogP contribution in [0.1, 0.15) is 38.8 Å². The summed E-state index contributed by atoms with van der Waals surface area (Å²) in [6.45, 7) is 11.3. The van der Waals surface area contributed by atoms with E-state index in [4.69, 9.17) is 0 Å². The Bertz CT molecular complexity index is 459. The van der Waals surface area contributed by atoms with E-state index in [0.29, 0.717) is 12.1 Å². The van der Waals surface area contributed by atoms with E-state index in [-0.39, 0.29) is 0 Å². The second-order valence-corrected chi connectivity index (χ2v) is 6.68. The summed E-state index contributed by atoms with van der Waals surface area (Å²) < 4.78 is 1.20. The predicted molar refractivity (Wildman–Crippen MR) is 95.2 cm³/mol. The Morgan fingerprint density at radius 3 is 2.67 bits per heavy atom. The molecule has 1 saturated heterocycles. The van der Waals surface area contributed by atoms with Gasteiger partial charge in [-0.2, -0.15) is 0 Å². The fourth-order valence-electron chi connectivity index (χ4n) is 3.23. The van der Waals surface area contributed by atoms with Crippen molar-refractivity contribution in [1.82, 2.24) is 10.2 Å². The lowest BCUT2D eigenvalue weighted by Crippen LogP contribution is -2.37. The first-order valence-electron chi connectivity index (χ1n) is 8.06. The molecule has 4 heteroatoms. The highest BCUT2D eigenvalue weighted by molar-refractivity contribution is 9.10. The quantitative estimate of drug-likeness (QED) is 0.841. The van der Waals surface area contributed by atoms with Crippen LogP contribution in [0.3, 0.4) is 0 Å². The van der Waals surface area contributed by atoms with E-state index in [0.717, 1.165) is 26.2 Å². The van der Waals surface area contributed by atoms with Crippen molar-refractivity contribution in [2.45, 2.75) is 39.3 Å². The van der Waals surface area contributed by atoms with Crippen LogP contribution in [-0.2, 0) is 0 Å². The summed E-state index contributed by atoms with van der Waals surface area (Å²) in [7, 11) is 2.00. The maximum absolute atomic E-state index is 3.73. The molecule has 1 fully saturated rings. The third kappa shape index (κ3) is 3.79. The molecule has 0 spiro atoms. The van der Waals surface area contributed by atoms with E-state index < -0.39 is 0 Å². The maximum atomic E-state index is 3.73. The van der Waals surface area contributed by atoms with Crippen molar-refractivity contribution < 1.29 is 0 Å². The predicted octanol–water partition coefficient (Wildman–Crippen LogP) is 3.65. The molecular formula is C17H28BrN3. The normalized spacial score (nSPS) is 20.3. The van der Waals surface area contributed by atoms with Gasteiger partial charge in [0.25, 0.3) is 0 Å². The van der Waals surface area contributed by atoms with Crippen LogP contribution in [-0.4, -0.2) is 44.2 Å². The summed E-state index contributed by atoms with van der Waals surface area (Å²) in [5.74, 6) is 0. The number of rotatable bonds is 6. The highest BCUT2D eigenvalue weighted by atomic mass is 79.9. The number of anilines is 1. The molecule has 2 unspecified atom stereocenters. The lowest BCUT2D eigenvalue weighted by molar-refractivity contribution is 0.232. The number of halogens is 1. The molecule has 0 radical (unpaired) electrons. The third-order valence-corrected chi connectivity index (χ3v) is 5.43. The van der Waals surface area contributed by atoms with Crippen LogP contribution in [0, 0.1) is 0 Å². The van der Waals surface area contributed by atoms with Crippen LogP contribution in [0.25, 0.3) is 0 Å². The van der Waals surface area contributed by atoms with Gasteiger partial charge in [-0.05, 0) is 51.2 Å². The number of nitrogens with zero attached hydrogens (tertiary/aromatic N) is 2. The monoisotopic (exact) mass is 353 g/mol. The summed E-state index contributed by atoms with van der Waals surface area (Å²) in [4.78, 5) is 5.09. The molecule has 0 aromatic heterocycles. The Morgan fingerprint density at radius 1 is 1.38 bits per heavy atom. The Kier molecular flexibility index (Phi) is 6.08. The largest absolute Gasteiger partial charge is 0.370 e. The zero-order valence-corrected chi connectivity index (χ0v) is 15.3. The molecular weight excluding hydrogens is 326 g/mol. The van der Waals surface area contributed by atoms with E-state index in [1.54, 1.807) is 0 Å². The zero-order valence-electron chi connectivity index (χ0n) is 13.7. The minimum Gasteiger partial charge on any atom is -0.370 e. The molecule has 21 heavy (non-hydrogen) atoms. The van der Waals surface area contributed by atoms with Crippen LogP contribution in [0.15, 0.2) is 22.7 Å². The van der Waals surface area contributed by atoms with Gasteiger partial charge < -0.3 is 10.2 Å². The molecule has 1 heterocycles. The molecule has 118 valence electrons. The van der Waals surface area contributed by atoms with Crippen molar-refractivity contribution >= 4 is 21.6 Å². The fourth-order valence-corrected chi connectivity index (χ4v) is 3.94. The summed E-state index contributed by atoms with van der Waals surface area (Å²) in [6, 6.07) is 7.85. The molecule has 1 aliphatic heterocycles. The van der Waals surface area contributed by atoms with Gasteiger partial charge in [-0.1, -0.05) is 35.8 Å². The number of hydrogen-bond acceptors (Lipinski definition) is 3. The second kappa shape index (κ2) is 7.61. The van der Waals surface area contributed by atoms with Gasteiger partial charge in [0.2, 0.25) is 0 Å². The molecule has 0 aliphatic carbocycles. The minimum atomic E-state index is 0.371. The van der Waals surface area contributed by atoms with Gasteiger partial charge >= 0.3 is 0 Å². The highest BCUT2D eigenvalue weighted by Gasteiger charge is 2.26. The van der Waals surface area contributed by atoms with Crippen LogP contribution in [0.2, 0.25) is 0 Å². The Labute approximate surface area is 137 Å². The number of likely N-dealkylation sites (N-methyl/N-ethyl adjacent to an activating group) is 1. The maximum Gasteiger partial charge on any atom is 0.0378 e. The first-order valence-corrected chi connectivity index (χ1v) is 8.85. The summed E-state index contributed by atoms with van der Waals surface area (Å²) >= 11 is 3.73. The van der Waals surface area contributed by atoms with Crippen molar-refractivity contribution in [3.8, 4) is 0 Å². The van der Waals surface area contributed by atoms with Crippen molar-refractivity contribution in [2.75, 3.05) is 38.1 Å². The van der Waals surface area contributed by atoms with Gasteiger partial charge in [0.1, 0.15) is 0 Å². The van der Waals surface area contributed by atoms with Gasteiger partial charge in [0.15, 0.2) is 0 Å². The van der Waals surface area contributed by atoms with E-state index in [2.05, 4.69) is 70.0 Å². The molecule has 1 aliphatic rings. The van der Waals surface area contributed by atoms with E-state index in [9.17, 15) is 0 Å². The zero-order chi connectivity index (χ0) is 15.4. The molecule has 3 nitrogen and oxygen atoms in total. The standard InChI is InChI=1S/C17H28BrN3/c1-5-20(6-2)15-9-10-21(12-15)14-7-8-16(13(3)19-4)17(18)11-14/h7-8,11,13,15,19H,5-6,9-10,12H2,1-4H3. The molecule has 0 amide bonds. The Balaban J connectivity index is 2.08. The van der Waals surface area contributed by atoms with Crippen LogP contribution in [0.4, 0.5) is 5.69 Å². The van der Waals surface area contributed by atoms with Crippen molar-refractivity contribution in [3.05, 3.63) is 28.2 Å². The van der Waals surface area contributed by atoms with E-state index in [1.165, 1.54) is 22.1 Å². The first-order chi connectivity index (χ1) is 10.1. The van der Waals surface area contributed by atoms with Crippen LogP contribution >= 0.6 is 15.9 Å². The Morgan fingerprint density at radius 2 is 2.10 bits per heavy atom. The highest BCUT2D eigenvalue weighted by Crippen LogP contribution is 2.30. The lowest BCUT2D eigenvalue weighted by Gasteiger charge is -2.27. The van der Waals surface area contributed by atoms with Crippen molar-refractivity contribution in [3.63, 3.8) is 0 Å². The summed E-state index contributed by atoms with van der Waals surface area (Å²) in [5.41, 5.74) is 2.66. The van der Waals surface area contributed by atoms with Crippen molar-refractivity contribution in [1.29, 1.82) is 0 Å². The minimum absolute atomic E-state index is 0.371. The van der Waals surface area contributed by atoms with E-state index >= 15 is 0 Å². The fraction of sp³-hybridized carbons (Fsp3) is 0.647. The smallest absolute Gasteiger partial charge is 0.0378 e. The van der Waals surface area contributed by atoms with Gasteiger partial charge in [-0.15, -0.1) is 0 Å². The molecule has 0 saturated carbocycles. The summed E-state index contributed by atoms with van der Waals surface area (Å²) in [6.07, 6.45) is 1.27. The first kappa shape index (κ1) is 16.8. The lowest BCUT2D eigenvalue weighted by atomic mass is 10.1. The molecule has 1 aromatic carbocycles. The second-order valence-electron chi connectivity index (χ2n) is 5.83. The molecule has 2 rings (SSSR count). The van der Waals surface area contributed by atoms with Crippen molar-refractivity contribution in [2.24, 2.45) is 0 Å². The third-order valence-electron chi connectivity index (χ3n) is 4.74. The molecule has 1 N–H and O–H groups in total. The molecule has 0 bridgehead atoms. The average molecular weight is 354 g/mol. The van der Waals surface area contributed by atoms with Gasteiger partial charge in [-0.25, -0.2) is 0 Å². The van der Waals surface area contributed by atoms with Gasteiger partial charge in [-0.3, -0.25) is 4.90 Å². The van der Waals surface area contributed by atoms with Crippen LogP contribution < -0.4 is 10.2 Å². The number of hydrogen-bond donors (Lipinski definition) is 1. The number of nitrogens with one attached hydrogen (secondary N) is 1. The number of benzene rings is 1. The topological polar surface area (TPSA) is 18.5 Å². The summed E-state index contributed by atoms with van der Waals surface area (Å²) in [5, 5.41) is 3.30. The SMILES string of the molecule is CCN(CC)C1CCN(c2ccc(C(C)NC)c(Br)c2)C1. The van der Waals surface area contributed by atoms with E-state index in [1.807, 2.05) is 7.05 Å². The average Bonchev–Trinajstić information content (AvgIpc) is 2.97. The Hall–Kier alpha value is -0.580. The molecule has 2 atom stereocenters. The van der Waals surface area contributed by atoms with Gasteiger partial charge in [0, 0.05) is 35.3 Å².